The van der Waals surface area contributed by atoms with Gasteiger partial charge in [0.1, 0.15) is 0 Å². The molecule has 0 aromatic heterocycles. The number of hydrogen-bond acceptors (Lipinski definition) is 2. The number of hydrogen-bond donors (Lipinski definition) is 1. The minimum Gasteiger partial charge on any atom is -0.323 e. The summed E-state index contributed by atoms with van der Waals surface area (Å²) in [5.74, 6) is 0. The zero-order valence-electron chi connectivity index (χ0n) is 9.72. The first-order valence-electron chi connectivity index (χ1n) is 4.98. The van der Waals surface area contributed by atoms with Gasteiger partial charge in [-0.1, -0.05) is 6.07 Å². The van der Waals surface area contributed by atoms with E-state index in [1.165, 1.54) is 0 Å². The highest BCUT2D eigenvalue weighted by molar-refractivity contribution is 5.85. The predicted molar refractivity (Wildman–Crippen MR) is 60.9 cm³/mol. The van der Waals surface area contributed by atoms with Gasteiger partial charge in [0.05, 0.1) is 23.6 Å². The molecule has 0 saturated heterocycles. The summed E-state index contributed by atoms with van der Waals surface area (Å²) in [6.45, 7) is 0. The molecule has 0 fully saturated rings. The second-order valence-corrected chi connectivity index (χ2v) is 3.77. The number of rotatable bonds is 2. The van der Waals surface area contributed by atoms with E-state index in [9.17, 15) is 26.3 Å². The minimum atomic E-state index is -4.97. The van der Waals surface area contributed by atoms with Crippen molar-refractivity contribution in [2.24, 2.45) is 5.73 Å². The summed E-state index contributed by atoms with van der Waals surface area (Å²) in [6, 6.07) is 1.47. The first-order chi connectivity index (χ1) is 8.57. The Morgan fingerprint density at radius 1 is 1.10 bits per heavy atom. The van der Waals surface area contributed by atoms with Crippen LogP contribution in [0.25, 0.3) is 0 Å². The summed E-state index contributed by atoms with van der Waals surface area (Å²) in [7, 11) is 0. The van der Waals surface area contributed by atoms with E-state index in [1.54, 1.807) is 6.07 Å². The van der Waals surface area contributed by atoms with E-state index in [0.29, 0.717) is 12.1 Å². The van der Waals surface area contributed by atoms with E-state index in [4.69, 9.17) is 11.0 Å². The normalized spacial score (nSPS) is 13.3. The standard InChI is InChI=1S/C11H8F6N2.ClH/c12-10(13,14)6-1-2-7(9(19)3-4-18)8(5-6)11(15,16)17;/h1-2,5,9H,3,19H2;1H/t9-;/m1./s1. The summed E-state index contributed by atoms with van der Waals surface area (Å²) in [4.78, 5) is 0. The molecule has 0 unspecified atom stereocenters. The number of benzene rings is 1. The van der Waals surface area contributed by atoms with Crippen molar-refractivity contribution in [2.75, 3.05) is 0 Å². The van der Waals surface area contributed by atoms with Crippen molar-refractivity contribution in [3.8, 4) is 6.07 Å². The van der Waals surface area contributed by atoms with E-state index < -0.39 is 41.5 Å². The Bertz CT molecular complexity index is 503. The van der Waals surface area contributed by atoms with Crippen molar-refractivity contribution in [1.82, 2.24) is 0 Å². The summed E-state index contributed by atoms with van der Waals surface area (Å²) in [5.41, 5.74) is 1.96. The van der Waals surface area contributed by atoms with Crippen LogP contribution in [-0.4, -0.2) is 0 Å². The third-order valence-corrected chi connectivity index (χ3v) is 2.40. The Hall–Kier alpha value is -1.46. The van der Waals surface area contributed by atoms with Crippen molar-refractivity contribution in [3.05, 3.63) is 34.9 Å². The van der Waals surface area contributed by atoms with Gasteiger partial charge < -0.3 is 5.73 Å². The van der Waals surface area contributed by atoms with E-state index in [1.807, 2.05) is 0 Å². The summed E-state index contributed by atoms with van der Waals surface area (Å²) in [5, 5.41) is 8.38. The lowest BCUT2D eigenvalue weighted by atomic mass is 9.96. The Labute approximate surface area is 116 Å². The summed E-state index contributed by atoms with van der Waals surface area (Å²) >= 11 is 0. The van der Waals surface area contributed by atoms with Gasteiger partial charge in [-0.15, -0.1) is 12.4 Å². The molecule has 0 saturated carbocycles. The van der Waals surface area contributed by atoms with Gasteiger partial charge in [0.15, 0.2) is 0 Å². The van der Waals surface area contributed by atoms with Crippen LogP contribution < -0.4 is 5.73 Å². The molecule has 0 heterocycles. The van der Waals surface area contributed by atoms with Gasteiger partial charge in [-0.3, -0.25) is 0 Å². The van der Waals surface area contributed by atoms with Crippen molar-refractivity contribution >= 4 is 12.4 Å². The van der Waals surface area contributed by atoms with E-state index in [0.717, 1.165) is 0 Å². The molecule has 0 aliphatic heterocycles. The molecule has 2 N–H and O–H groups in total. The maximum Gasteiger partial charge on any atom is 0.416 e. The van der Waals surface area contributed by atoms with Crippen molar-refractivity contribution < 1.29 is 26.3 Å². The molecule has 0 amide bonds. The van der Waals surface area contributed by atoms with Crippen molar-refractivity contribution in [2.45, 2.75) is 24.8 Å². The van der Waals surface area contributed by atoms with Crippen LogP contribution in [0.2, 0.25) is 0 Å². The highest BCUT2D eigenvalue weighted by Crippen LogP contribution is 2.39. The molecule has 9 heteroatoms. The molecule has 0 aliphatic rings. The Kier molecular flexibility index (Phi) is 5.86. The Morgan fingerprint density at radius 3 is 2.05 bits per heavy atom. The molecule has 20 heavy (non-hydrogen) atoms. The average Bonchev–Trinajstić information content (AvgIpc) is 2.26. The lowest BCUT2D eigenvalue weighted by Crippen LogP contribution is -2.19. The van der Waals surface area contributed by atoms with Crippen LogP contribution >= 0.6 is 12.4 Å². The van der Waals surface area contributed by atoms with Gasteiger partial charge in [0, 0.05) is 6.04 Å². The molecule has 1 atom stereocenters. The van der Waals surface area contributed by atoms with Gasteiger partial charge in [-0.25, -0.2) is 0 Å². The smallest absolute Gasteiger partial charge is 0.323 e. The molecule has 1 aromatic rings. The fourth-order valence-electron chi connectivity index (χ4n) is 1.51. The van der Waals surface area contributed by atoms with Crippen molar-refractivity contribution in [1.29, 1.82) is 5.26 Å². The third kappa shape index (κ3) is 4.28. The Morgan fingerprint density at radius 2 is 1.65 bits per heavy atom. The molecular weight excluding hydrogens is 310 g/mol. The fourth-order valence-corrected chi connectivity index (χ4v) is 1.51. The molecular formula is C11H9ClF6N2. The SMILES string of the molecule is Cl.N#CC[C@@H](N)c1ccc(C(F)(F)F)cc1C(F)(F)F. The third-order valence-electron chi connectivity index (χ3n) is 2.40. The number of alkyl halides is 6. The van der Waals surface area contributed by atoms with Crippen LogP contribution in [-0.2, 0) is 12.4 Å². The highest BCUT2D eigenvalue weighted by atomic mass is 35.5. The molecule has 0 spiro atoms. The van der Waals surface area contributed by atoms with Crippen LogP contribution in [0.3, 0.4) is 0 Å². The molecule has 112 valence electrons. The monoisotopic (exact) mass is 318 g/mol. The first kappa shape index (κ1) is 18.5. The molecule has 2 nitrogen and oxygen atoms in total. The van der Waals surface area contributed by atoms with Crippen molar-refractivity contribution in [3.63, 3.8) is 0 Å². The van der Waals surface area contributed by atoms with Crippen LogP contribution in [0.4, 0.5) is 26.3 Å². The van der Waals surface area contributed by atoms with Crippen LogP contribution in [0, 0.1) is 11.3 Å². The largest absolute Gasteiger partial charge is 0.416 e. The molecule has 1 aromatic carbocycles. The number of nitrogens with zero attached hydrogens (tertiary/aromatic N) is 1. The first-order valence-corrected chi connectivity index (χ1v) is 4.98. The average molecular weight is 319 g/mol. The molecule has 0 aliphatic carbocycles. The van der Waals surface area contributed by atoms with E-state index in [2.05, 4.69) is 0 Å². The van der Waals surface area contributed by atoms with Gasteiger partial charge in [-0.2, -0.15) is 31.6 Å². The fraction of sp³-hybridized carbons (Fsp3) is 0.364. The topological polar surface area (TPSA) is 49.8 Å². The maximum absolute atomic E-state index is 12.7. The molecule has 1 rings (SSSR count). The number of nitrogens with two attached hydrogens (primary N) is 1. The second kappa shape index (κ2) is 6.33. The summed E-state index contributed by atoms with van der Waals surface area (Å²) in [6.07, 6.45) is -10.3. The maximum atomic E-state index is 12.7. The zero-order chi connectivity index (χ0) is 14.8. The quantitative estimate of drug-likeness (QED) is 0.836. The highest BCUT2D eigenvalue weighted by Gasteiger charge is 2.38. The number of nitriles is 1. The zero-order valence-corrected chi connectivity index (χ0v) is 10.5. The lowest BCUT2D eigenvalue weighted by molar-refractivity contribution is -0.143. The van der Waals surface area contributed by atoms with Gasteiger partial charge in [0.25, 0.3) is 0 Å². The predicted octanol–water partition coefficient (Wildman–Crippen LogP) is 4.06. The minimum absolute atomic E-state index is 0. The van der Waals surface area contributed by atoms with Gasteiger partial charge in [0.2, 0.25) is 0 Å². The molecule has 0 radical (unpaired) electrons. The summed E-state index contributed by atoms with van der Waals surface area (Å²) < 4.78 is 75.3. The lowest BCUT2D eigenvalue weighted by Gasteiger charge is -2.18. The van der Waals surface area contributed by atoms with Crippen LogP contribution in [0.5, 0.6) is 0 Å². The number of halogens is 7. The second-order valence-electron chi connectivity index (χ2n) is 3.77. The molecule has 0 bridgehead atoms. The van der Waals surface area contributed by atoms with Crippen LogP contribution in [0.1, 0.15) is 29.2 Å². The van der Waals surface area contributed by atoms with Gasteiger partial charge >= 0.3 is 12.4 Å². The van der Waals surface area contributed by atoms with Crippen LogP contribution in [0.15, 0.2) is 18.2 Å². The van der Waals surface area contributed by atoms with Gasteiger partial charge in [-0.05, 0) is 17.7 Å². The van der Waals surface area contributed by atoms with E-state index in [-0.39, 0.29) is 18.5 Å². The Balaban J connectivity index is 0.00000361. The van der Waals surface area contributed by atoms with E-state index >= 15 is 0 Å².